The quantitative estimate of drug-likeness (QED) is 0.172. The topological polar surface area (TPSA) is 38.7 Å². The monoisotopic (exact) mass is 691 g/mol. The van der Waals surface area contributed by atoms with Crippen molar-refractivity contribution in [3.05, 3.63) is 176 Å². The Morgan fingerprint density at radius 3 is 1.57 bits per heavy atom. The van der Waals surface area contributed by atoms with Crippen LogP contribution in [0, 0.1) is 0 Å². The lowest BCUT2D eigenvalue weighted by Crippen LogP contribution is -2.01. The van der Waals surface area contributed by atoms with Crippen LogP contribution in [0.1, 0.15) is 0 Å². The van der Waals surface area contributed by atoms with Crippen LogP contribution in [0.5, 0.6) is 0 Å². The summed E-state index contributed by atoms with van der Waals surface area (Å²) >= 11 is 1.86. The summed E-state index contributed by atoms with van der Waals surface area (Å²) in [4.78, 5) is 15.5. The molecule has 0 fully saturated rings. The fourth-order valence-corrected chi connectivity index (χ4v) is 8.98. The summed E-state index contributed by atoms with van der Waals surface area (Å²) in [6, 6.07) is 62.8. The molecule has 0 amide bonds. The smallest absolute Gasteiger partial charge is 0.164 e. The van der Waals surface area contributed by atoms with Gasteiger partial charge in [-0.1, -0.05) is 146 Å². The van der Waals surface area contributed by atoms with Crippen molar-refractivity contribution >= 4 is 74.6 Å². The largest absolute Gasteiger partial charge is 0.208 e. The van der Waals surface area contributed by atoms with Crippen LogP contribution >= 0.6 is 11.3 Å². The first-order valence-corrected chi connectivity index (χ1v) is 18.7. The van der Waals surface area contributed by atoms with Gasteiger partial charge in [0.15, 0.2) is 17.5 Å². The van der Waals surface area contributed by atoms with Crippen molar-refractivity contribution in [1.82, 2.24) is 15.0 Å². The number of benzene rings is 9. The van der Waals surface area contributed by atoms with E-state index in [9.17, 15) is 0 Å². The molecule has 246 valence electrons. The van der Waals surface area contributed by atoms with Gasteiger partial charge in [0.2, 0.25) is 0 Å². The highest BCUT2D eigenvalue weighted by atomic mass is 32.1. The van der Waals surface area contributed by atoms with Crippen molar-refractivity contribution in [2.24, 2.45) is 0 Å². The second kappa shape index (κ2) is 11.9. The molecule has 11 rings (SSSR count). The average Bonchev–Trinajstić information content (AvgIpc) is 3.62. The fourth-order valence-electron chi connectivity index (χ4n) is 7.87. The molecule has 0 aliphatic rings. The van der Waals surface area contributed by atoms with Gasteiger partial charge in [0, 0.05) is 36.9 Å². The Morgan fingerprint density at radius 2 is 0.830 bits per heavy atom. The number of nitrogens with zero attached hydrogens (tertiary/aromatic N) is 3. The van der Waals surface area contributed by atoms with E-state index in [-0.39, 0.29) is 0 Å². The Bertz CT molecular complexity index is 3150. The maximum absolute atomic E-state index is 5.21. The highest BCUT2D eigenvalue weighted by molar-refractivity contribution is 7.26. The Hall–Kier alpha value is -6.75. The van der Waals surface area contributed by atoms with Crippen molar-refractivity contribution in [2.75, 3.05) is 0 Å². The summed E-state index contributed by atoms with van der Waals surface area (Å²) in [5.41, 5.74) is 5.07. The van der Waals surface area contributed by atoms with E-state index in [4.69, 9.17) is 15.0 Å². The number of hydrogen-bond acceptors (Lipinski definition) is 4. The van der Waals surface area contributed by atoms with Crippen molar-refractivity contribution in [3.63, 3.8) is 0 Å². The summed E-state index contributed by atoms with van der Waals surface area (Å²) in [6.07, 6.45) is 0. The summed E-state index contributed by atoms with van der Waals surface area (Å²) in [5, 5.41) is 12.3. The summed E-state index contributed by atoms with van der Waals surface area (Å²) in [6.45, 7) is 0. The van der Waals surface area contributed by atoms with Crippen molar-refractivity contribution in [2.45, 2.75) is 0 Å². The van der Waals surface area contributed by atoms with Crippen molar-refractivity contribution in [1.29, 1.82) is 0 Å². The van der Waals surface area contributed by atoms with Gasteiger partial charge >= 0.3 is 0 Å². The van der Waals surface area contributed by atoms with E-state index in [1.165, 1.54) is 52.5 Å². The van der Waals surface area contributed by atoms with Gasteiger partial charge in [0.25, 0.3) is 0 Å². The molecule has 0 radical (unpaired) electrons. The molecule has 11 aromatic rings. The van der Waals surface area contributed by atoms with Gasteiger partial charge in [0.1, 0.15) is 0 Å². The van der Waals surface area contributed by atoms with Crippen LogP contribution in [0.15, 0.2) is 176 Å². The first kappa shape index (κ1) is 29.9. The van der Waals surface area contributed by atoms with Crippen LogP contribution in [0.4, 0.5) is 0 Å². The second-order valence-corrected chi connectivity index (χ2v) is 14.7. The van der Waals surface area contributed by atoms with Gasteiger partial charge in [-0.2, -0.15) is 0 Å². The Balaban J connectivity index is 1.14. The molecule has 53 heavy (non-hydrogen) atoms. The number of hydrogen-bond donors (Lipinski definition) is 0. The predicted octanol–water partition coefficient (Wildman–Crippen LogP) is 13.5. The molecule has 9 aromatic carbocycles. The first-order chi connectivity index (χ1) is 26.2. The van der Waals surface area contributed by atoms with Gasteiger partial charge in [0.05, 0.1) is 0 Å². The molecule has 2 aromatic heterocycles. The van der Waals surface area contributed by atoms with Crippen molar-refractivity contribution in [3.8, 4) is 45.3 Å². The summed E-state index contributed by atoms with van der Waals surface area (Å²) in [5.74, 6) is 1.94. The van der Waals surface area contributed by atoms with Crippen LogP contribution in [0.25, 0.3) is 109 Å². The van der Waals surface area contributed by atoms with E-state index in [0.29, 0.717) is 17.5 Å². The summed E-state index contributed by atoms with van der Waals surface area (Å²) in [7, 11) is 0. The molecule has 0 saturated carbocycles. The molecule has 0 bridgehead atoms. The minimum absolute atomic E-state index is 0.645. The van der Waals surface area contributed by atoms with Gasteiger partial charge in [-0.15, -0.1) is 11.3 Å². The maximum Gasteiger partial charge on any atom is 0.164 e. The third-order valence-electron chi connectivity index (χ3n) is 10.5. The molecule has 3 nitrogen and oxygen atoms in total. The van der Waals surface area contributed by atoms with Crippen LogP contribution in [0.2, 0.25) is 0 Å². The van der Waals surface area contributed by atoms with Gasteiger partial charge < -0.3 is 0 Å². The van der Waals surface area contributed by atoms with E-state index in [1.807, 2.05) is 11.3 Å². The lowest BCUT2D eigenvalue weighted by atomic mass is 9.93. The molecular formula is C49H29N3S. The number of aromatic nitrogens is 3. The predicted molar refractivity (Wildman–Crippen MR) is 224 cm³/mol. The lowest BCUT2D eigenvalue weighted by molar-refractivity contribution is 1.08. The van der Waals surface area contributed by atoms with E-state index in [1.54, 1.807) is 0 Å². The SMILES string of the molecule is c1ccc(-c2nc(-c3ccc4ccccc4c3)nc(-c3ccc4ccccc4c3)n2)c(-c2ccc3ccc4ccc5sc6ccccc6c5c4c3c2)c1. The molecule has 4 heteroatoms. The highest BCUT2D eigenvalue weighted by Crippen LogP contribution is 2.42. The molecule has 0 atom stereocenters. The normalized spacial score (nSPS) is 11.8. The lowest BCUT2D eigenvalue weighted by Gasteiger charge is -2.14. The molecule has 0 spiro atoms. The van der Waals surface area contributed by atoms with Gasteiger partial charge in [-0.05, 0) is 84.5 Å². The molecule has 0 saturated heterocycles. The zero-order chi connectivity index (χ0) is 34.9. The van der Waals surface area contributed by atoms with Gasteiger partial charge in [-0.25, -0.2) is 15.0 Å². The fraction of sp³-hybridized carbons (Fsp3) is 0. The Kier molecular flexibility index (Phi) is 6.73. The first-order valence-electron chi connectivity index (χ1n) is 17.8. The Morgan fingerprint density at radius 1 is 0.302 bits per heavy atom. The second-order valence-electron chi connectivity index (χ2n) is 13.6. The average molecular weight is 692 g/mol. The Labute approximate surface area is 309 Å². The third-order valence-corrected chi connectivity index (χ3v) is 11.6. The molecule has 0 unspecified atom stereocenters. The van der Waals surface area contributed by atoms with Crippen LogP contribution in [0.3, 0.4) is 0 Å². The number of thiophene rings is 1. The molecule has 0 aliphatic heterocycles. The highest BCUT2D eigenvalue weighted by Gasteiger charge is 2.18. The van der Waals surface area contributed by atoms with E-state index >= 15 is 0 Å². The molecule has 0 N–H and O–H groups in total. The molecule has 2 heterocycles. The standard InChI is InChI=1S/C49H29N3S/c1-3-11-34-27-37(23-17-30(34)9-1)47-50-48(38-24-18-31-10-2-4-12-35(31)28-38)52-49(51-47)40-14-6-5-13-39(40)36-22-20-32-19-21-33-25-26-44-46(45(33)42(32)29-36)41-15-7-8-16-43(41)53-44/h1-29H. The molecular weight excluding hydrogens is 663 g/mol. The van der Waals surface area contributed by atoms with Crippen LogP contribution < -0.4 is 0 Å². The zero-order valence-corrected chi connectivity index (χ0v) is 29.3. The minimum atomic E-state index is 0.645. The van der Waals surface area contributed by atoms with E-state index < -0.39 is 0 Å². The maximum atomic E-state index is 5.21. The zero-order valence-electron chi connectivity index (χ0n) is 28.5. The number of fused-ring (bicyclic) bond motifs is 9. The third kappa shape index (κ3) is 4.99. The van der Waals surface area contributed by atoms with Gasteiger partial charge in [-0.3, -0.25) is 0 Å². The van der Waals surface area contributed by atoms with Crippen LogP contribution in [-0.4, -0.2) is 15.0 Å². The van der Waals surface area contributed by atoms with Crippen LogP contribution in [-0.2, 0) is 0 Å². The van der Waals surface area contributed by atoms with E-state index in [0.717, 1.165) is 38.6 Å². The van der Waals surface area contributed by atoms with Crippen molar-refractivity contribution < 1.29 is 0 Å². The molecule has 0 aliphatic carbocycles. The minimum Gasteiger partial charge on any atom is -0.208 e. The van der Waals surface area contributed by atoms with E-state index in [2.05, 4.69) is 176 Å². The summed E-state index contributed by atoms with van der Waals surface area (Å²) < 4.78 is 2.62. The number of rotatable bonds is 4.